The number of ether oxygens (including phenoxy) is 5. The van der Waals surface area contributed by atoms with Gasteiger partial charge in [-0.2, -0.15) is 0 Å². The number of esters is 1. The van der Waals surface area contributed by atoms with Crippen molar-refractivity contribution in [2.45, 2.75) is 32.3 Å². The van der Waals surface area contributed by atoms with Crippen LogP contribution in [0.25, 0.3) is 0 Å². The third kappa shape index (κ3) is 3.81. The van der Waals surface area contributed by atoms with E-state index in [0.29, 0.717) is 29.3 Å². The highest BCUT2D eigenvalue weighted by Crippen LogP contribution is 2.48. The normalized spacial score (nSPS) is 24.0. The summed E-state index contributed by atoms with van der Waals surface area (Å²) < 4.78 is 27.7. The third-order valence-corrected chi connectivity index (χ3v) is 5.85. The molecule has 7 nitrogen and oxygen atoms in total. The van der Waals surface area contributed by atoms with Crippen LogP contribution in [-0.2, 0) is 30.2 Å². The number of ketones is 1. The van der Waals surface area contributed by atoms with Gasteiger partial charge in [-0.1, -0.05) is 25.6 Å². The van der Waals surface area contributed by atoms with Crippen LogP contribution in [-0.4, -0.2) is 45.0 Å². The van der Waals surface area contributed by atoms with Crippen LogP contribution in [0.2, 0.25) is 0 Å². The Hall–Kier alpha value is -2.80. The molecule has 1 heterocycles. The number of carbonyl (C=O) groups excluding carboxylic acids is 2. The van der Waals surface area contributed by atoms with Gasteiger partial charge in [0.1, 0.15) is 23.9 Å². The van der Waals surface area contributed by atoms with E-state index in [1.807, 2.05) is 25.1 Å². The summed E-state index contributed by atoms with van der Waals surface area (Å²) in [5.74, 6) is -0.0375. The highest BCUT2D eigenvalue weighted by atomic mass is 16.7. The summed E-state index contributed by atoms with van der Waals surface area (Å²) in [5, 5.41) is 0. The summed E-state index contributed by atoms with van der Waals surface area (Å²) >= 11 is 0. The van der Waals surface area contributed by atoms with Gasteiger partial charge in [-0.25, -0.2) is 0 Å². The number of Topliss-reactive ketones (excluding diaryl/α,β-unsaturated/α-hetero) is 1. The molecule has 1 fully saturated rings. The Kier molecular flexibility index (Phi) is 6.51. The highest BCUT2D eigenvalue weighted by Gasteiger charge is 2.55. The average molecular weight is 416 g/mol. The standard InChI is InChI=1S/C23H28O7/c1-6-9-28-22(25)17-12-23(21(29-13-30-23)15(3)20(17)24)14(2)10-16-7-8-18(26-4)19(11-16)27-5/h6-8,11,14,17H,1,9-10,12-13H2,2-5H3/t14?,17-,23-/m1/s1. The van der Waals surface area contributed by atoms with Crippen molar-refractivity contribution in [3.05, 3.63) is 47.7 Å². The zero-order valence-corrected chi connectivity index (χ0v) is 17.9. The van der Waals surface area contributed by atoms with Gasteiger partial charge in [0.15, 0.2) is 24.1 Å². The first-order valence-corrected chi connectivity index (χ1v) is 9.88. The summed E-state index contributed by atoms with van der Waals surface area (Å²) in [7, 11) is 3.18. The molecule has 3 rings (SSSR count). The Balaban J connectivity index is 1.91. The van der Waals surface area contributed by atoms with Crippen molar-refractivity contribution in [3.63, 3.8) is 0 Å². The van der Waals surface area contributed by atoms with Crippen molar-refractivity contribution >= 4 is 11.8 Å². The minimum Gasteiger partial charge on any atom is -0.493 e. The maximum Gasteiger partial charge on any atom is 0.317 e. The van der Waals surface area contributed by atoms with Crippen molar-refractivity contribution < 1.29 is 33.3 Å². The topological polar surface area (TPSA) is 80.3 Å². The molecule has 2 aliphatic rings. The van der Waals surface area contributed by atoms with E-state index in [1.165, 1.54) is 6.08 Å². The van der Waals surface area contributed by atoms with Crippen molar-refractivity contribution in [2.75, 3.05) is 27.6 Å². The van der Waals surface area contributed by atoms with Gasteiger partial charge >= 0.3 is 5.97 Å². The molecule has 1 aliphatic heterocycles. The average Bonchev–Trinajstić information content (AvgIpc) is 3.20. The first kappa shape index (κ1) is 21.9. The quantitative estimate of drug-likeness (QED) is 0.366. The van der Waals surface area contributed by atoms with Gasteiger partial charge < -0.3 is 23.7 Å². The van der Waals surface area contributed by atoms with Gasteiger partial charge in [-0.3, -0.25) is 9.59 Å². The van der Waals surface area contributed by atoms with Gasteiger partial charge in [0, 0.05) is 12.0 Å². The summed E-state index contributed by atoms with van der Waals surface area (Å²) in [6, 6.07) is 5.73. The lowest BCUT2D eigenvalue weighted by atomic mass is 9.70. The minimum atomic E-state index is -0.928. The van der Waals surface area contributed by atoms with Crippen molar-refractivity contribution in [2.24, 2.45) is 11.8 Å². The number of allylic oxidation sites excluding steroid dienone is 1. The third-order valence-electron chi connectivity index (χ3n) is 5.85. The van der Waals surface area contributed by atoms with E-state index >= 15 is 0 Å². The molecule has 0 aromatic heterocycles. The molecule has 1 unspecified atom stereocenters. The fourth-order valence-electron chi connectivity index (χ4n) is 4.25. The van der Waals surface area contributed by atoms with Crippen LogP contribution in [0.1, 0.15) is 25.8 Å². The molecule has 30 heavy (non-hydrogen) atoms. The molecule has 0 spiro atoms. The van der Waals surface area contributed by atoms with Crippen molar-refractivity contribution in [1.29, 1.82) is 0 Å². The van der Waals surface area contributed by atoms with Crippen LogP contribution in [0.4, 0.5) is 0 Å². The fourth-order valence-corrected chi connectivity index (χ4v) is 4.25. The largest absolute Gasteiger partial charge is 0.493 e. The zero-order chi connectivity index (χ0) is 21.9. The second-order valence-electron chi connectivity index (χ2n) is 7.58. The van der Waals surface area contributed by atoms with Gasteiger partial charge in [-0.15, -0.1) is 0 Å². The maximum atomic E-state index is 12.8. The predicted octanol–water partition coefficient (Wildman–Crippen LogP) is 3.22. The van der Waals surface area contributed by atoms with Gasteiger partial charge in [0.2, 0.25) is 0 Å². The Morgan fingerprint density at radius 1 is 1.33 bits per heavy atom. The Labute approximate surface area is 176 Å². The first-order chi connectivity index (χ1) is 14.4. The maximum absolute atomic E-state index is 12.8. The molecule has 162 valence electrons. The molecular formula is C23H28O7. The van der Waals surface area contributed by atoms with Crippen molar-refractivity contribution in [3.8, 4) is 11.5 Å². The number of rotatable bonds is 8. The van der Waals surface area contributed by atoms with E-state index in [0.717, 1.165) is 5.56 Å². The zero-order valence-electron chi connectivity index (χ0n) is 17.9. The molecule has 1 saturated heterocycles. The number of benzene rings is 1. The molecule has 0 radical (unpaired) electrons. The monoisotopic (exact) mass is 416 g/mol. The van der Waals surface area contributed by atoms with E-state index in [9.17, 15) is 9.59 Å². The lowest BCUT2D eigenvalue weighted by molar-refractivity contribution is -0.154. The van der Waals surface area contributed by atoms with Crippen LogP contribution >= 0.6 is 0 Å². The lowest BCUT2D eigenvalue weighted by Crippen LogP contribution is -2.48. The molecule has 1 aromatic rings. The molecule has 0 bridgehead atoms. The molecule has 0 saturated carbocycles. The summed E-state index contributed by atoms with van der Waals surface area (Å²) in [4.78, 5) is 25.3. The van der Waals surface area contributed by atoms with Crippen LogP contribution in [0.15, 0.2) is 42.2 Å². The van der Waals surface area contributed by atoms with Crippen LogP contribution in [0.3, 0.4) is 0 Å². The van der Waals surface area contributed by atoms with E-state index in [2.05, 4.69) is 6.58 Å². The van der Waals surface area contributed by atoms with E-state index in [1.54, 1.807) is 21.1 Å². The summed E-state index contributed by atoms with van der Waals surface area (Å²) in [5.41, 5.74) is 0.561. The van der Waals surface area contributed by atoms with E-state index in [-0.39, 0.29) is 31.5 Å². The van der Waals surface area contributed by atoms with E-state index in [4.69, 9.17) is 23.7 Å². The number of hydrogen-bond acceptors (Lipinski definition) is 7. The second-order valence-corrected chi connectivity index (χ2v) is 7.58. The minimum absolute atomic E-state index is 0.0463. The van der Waals surface area contributed by atoms with Crippen LogP contribution in [0.5, 0.6) is 11.5 Å². The number of hydrogen-bond donors (Lipinski definition) is 0. The molecule has 1 aliphatic carbocycles. The Morgan fingerprint density at radius 3 is 2.73 bits per heavy atom. The molecule has 0 N–H and O–H groups in total. The Morgan fingerprint density at radius 2 is 2.07 bits per heavy atom. The molecule has 7 heteroatoms. The molecule has 1 aromatic carbocycles. The molecule has 3 atom stereocenters. The molecule has 0 amide bonds. The predicted molar refractivity (Wildman–Crippen MR) is 109 cm³/mol. The van der Waals surface area contributed by atoms with Gasteiger partial charge in [0.05, 0.1) is 14.2 Å². The number of methoxy groups -OCH3 is 2. The number of fused-ring (bicyclic) bond motifs is 1. The SMILES string of the molecule is C=CCOC(=O)[C@@H]1C[C@]2(C(C)Cc3ccc(OC)c(OC)c3)OCOC2=C(C)C1=O. The Bertz CT molecular complexity index is 872. The highest BCUT2D eigenvalue weighted by molar-refractivity contribution is 6.09. The number of carbonyl (C=O) groups is 2. The van der Waals surface area contributed by atoms with Crippen LogP contribution < -0.4 is 9.47 Å². The lowest BCUT2D eigenvalue weighted by Gasteiger charge is -2.39. The smallest absolute Gasteiger partial charge is 0.317 e. The molecular weight excluding hydrogens is 388 g/mol. The van der Waals surface area contributed by atoms with Gasteiger partial charge in [0.25, 0.3) is 0 Å². The van der Waals surface area contributed by atoms with Crippen molar-refractivity contribution in [1.82, 2.24) is 0 Å². The van der Waals surface area contributed by atoms with E-state index < -0.39 is 17.5 Å². The van der Waals surface area contributed by atoms with Crippen LogP contribution in [0, 0.1) is 11.8 Å². The summed E-state index contributed by atoms with van der Waals surface area (Å²) in [6.45, 7) is 7.36. The van der Waals surface area contributed by atoms with Gasteiger partial charge in [-0.05, 0) is 37.0 Å². The fraction of sp³-hybridized carbons (Fsp3) is 0.478. The second kappa shape index (κ2) is 8.92. The first-order valence-electron chi connectivity index (χ1n) is 9.88. The summed E-state index contributed by atoms with van der Waals surface area (Å²) in [6.07, 6.45) is 2.29.